The molecule has 0 aromatic carbocycles. The predicted molar refractivity (Wildman–Crippen MR) is 95.1 cm³/mol. The van der Waals surface area contributed by atoms with E-state index >= 15 is 0 Å². The smallest absolute Gasteiger partial charge is 0.321 e. The highest BCUT2D eigenvalue weighted by atomic mass is 32.2. The molecule has 3 amide bonds. The summed E-state index contributed by atoms with van der Waals surface area (Å²) >= 11 is 1.25. The van der Waals surface area contributed by atoms with E-state index in [4.69, 9.17) is 4.42 Å². The molecule has 136 valence electrons. The zero-order valence-corrected chi connectivity index (χ0v) is 15.6. The average Bonchev–Trinajstić information content (AvgIpc) is 3.17. The largest absolute Gasteiger partial charge is 0.461 e. The van der Waals surface area contributed by atoms with Gasteiger partial charge < -0.3 is 9.73 Å². The lowest BCUT2D eigenvalue weighted by Crippen LogP contribution is -2.42. The van der Waals surface area contributed by atoms with Gasteiger partial charge in [0.2, 0.25) is 5.91 Å². The Kier molecular flexibility index (Phi) is 6.63. The molecule has 0 bridgehead atoms. The monoisotopic (exact) mass is 365 g/mol. The first-order chi connectivity index (χ1) is 11.9. The zero-order chi connectivity index (χ0) is 18.4. The highest BCUT2D eigenvalue weighted by Gasteiger charge is 2.23. The van der Waals surface area contributed by atoms with Gasteiger partial charge in [0.1, 0.15) is 0 Å². The van der Waals surface area contributed by atoms with E-state index in [0.29, 0.717) is 35.7 Å². The van der Waals surface area contributed by atoms with Crippen molar-refractivity contribution in [2.45, 2.75) is 44.6 Å². The lowest BCUT2D eigenvalue weighted by atomic mass is 10.2. The number of aromatic nitrogens is 3. The Morgan fingerprint density at radius 3 is 2.68 bits per heavy atom. The number of rotatable bonds is 7. The van der Waals surface area contributed by atoms with E-state index in [1.165, 1.54) is 11.8 Å². The van der Waals surface area contributed by atoms with E-state index in [2.05, 4.69) is 34.7 Å². The van der Waals surface area contributed by atoms with Crippen LogP contribution in [0, 0.1) is 5.92 Å². The summed E-state index contributed by atoms with van der Waals surface area (Å²) < 4.78 is 7.36. The van der Waals surface area contributed by atoms with Gasteiger partial charge in [0.25, 0.3) is 0 Å². The van der Waals surface area contributed by atoms with Crippen molar-refractivity contribution >= 4 is 23.7 Å². The summed E-state index contributed by atoms with van der Waals surface area (Å²) in [5, 5.41) is 13.4. The highest BCUT2D eigenvalue weighted by Crippen LogP contribution is 2.28. The van der Waals surface area contributed by atoms with Gasteiger partial charge in [-0.3, -0.25) is 14.7 Å². The second kappa shape index (κ2) is 8.70. The number of carbonyl (C=O) groups is 2. The molecule has 0 saturated heterocycles. The summed E-state index contributed by atoms with van der Waals surface area (Å²) in [4.78, 5) is 23.6. The molecular formula is C16H23N5O3S. The number of nitrogens with zero attached hydrogens (tertiary/aromatic N) is 3. The molecule has 9 heteroatoms. The van der Waals surface area contributed by atoms with Gasteiger partial charge in [0.15, 0.2) is 16.7 Å². The Labute approximate surface area is 150 Å². The molecule has 2 aromatic heterocycles. The minimum absolute atomic E-state index is 0.364. The van der Waals surface area contributed by atoms with E-state index in [0.717, 1.165) is 0 Å². The maximum Gasteiger partial charge on any atom is 0.321 e. The van der Waals surface area contributed by atoms with Crippen molar-refractivity contribution in [3.05, 3.63) is 18.4 Å². The number of carbonyl (C=O) groups excluding carboxylic acids is 2. The zero-order valence-electron chi connectivity index (χ0n) is 14.8. The SMILES string of the molecule is CCNC(=O)NC(=O)C(C)Sc1nnc(-c2ccco2)n1CC(C)C. The number of thioether (sulfide) groups is 1. The fourth-order valence-electron chi connectivity index (χ4n) is 2.12. The Bertz CT molecular complexity index is 711. The van der Waals surface area contributed by atoms with E-state index in [-0.39, 0.29) is 5.91 Å². The van der Waals surface area contributed by atoms with Crippen LogP contribution in [0.3, 0.4) is 0 Å². The number of hydrogen-bond acceptors (Lipinski definition) is 6. The van der Waals surface area contributed by atoms with Crippen molar-refractivity contribution in [1.82, 2.24) is 25.4 Å². The van der Waals surface area contributed by atoms with Crippen LogP contribution < -0.4 is 10.6 Å². The number of amides is 3. The highest BCUT2D eigenvalue weighted by molar-refractivity contribution is 8.00. The number of nitrogens with one attached hydrogen (secondary N) is 2. The number of hydrogen-bond donors (Lipinski definition) is 2. The molecule has 0 aliphatic heterocycles. The number of furan rings is 1. The van der Waals surface area contributed by atoms with Crippen molar-refractivity contribution < 1.29 is 14.0 Å². The van der Waals surface area contributed by atoms with Crippen molar-refractivity contribution in [2.75, 3.05) is 6.54 Å². The van der Waals surface area contributed by atoms with Crippen LogP contribution in [0.25, 0.3) is 11.6 Å². The van der Waals surface area contributed by atoms with Crippen LogP contribution in [-0.2, 0) is 11.3 Å². The first-order valence-corrected chi connectivity index (χ1v) is 9.02. The number of urea groups is 1. The Morgan fingerprint density at radius 2 is 2.08 bits per heavy atom. The molecule has 25 heavy (non-hydrogen) atoms. The lowest BCUT2D eigenvalue weighted by Gasteiger charge is -2.14. The minimum Gasteiger partial charge on any atom is -0.461 e. The molecule has 0 radical (unpaired) electrons. The van der Waals surface area contributed by atoms with Crippen molar-refractivity contribution in [3.8, 4) is 11.6 Å². The predicted octanol–water partition coefficient (Wildman–Crippen LogP) is 2.52. The molecule has 0 aliphatic rings. The van der Waals surface area contributed by atoms with Gasteiger partial charge in [-0.2, -0.15) is 0 Å². The van der Waals surface area contributed by atoms with Gasteiger partial charge in [0.05, 0.1) is 11.5 Å². The van der Waals surface area contributed by atoms with Crippen molar-refractivity contribution in [2.24, 2.45) is 5.92 Å². The second-order valence-electron chi connectivity index (χ2n) is 5.90. The quantitative estimate of drug-likeness (QED) is 0.731. The Hall–Kier alpha value is -2.29. The third-order valence-corrected chi connectivity index (χ3v) is 4.31. The van der Waals surface area contributed by atoms with Gasteiger partial charge in [0, 0.05) is 13.1 Å². The van der Waals surface area contributed by atoms with Crippen molar-refractivity contribution in [1.29, 1.82) is 0 Å². The Morgan fingerprint density at radius 1 is 1.32 bits per heavy atom. The average molecular weight is 365 g/mol. The molecule has 0 saturated carbocycles. The van der Waals surface area contributed by atoms with Crippen LogP contribution in [0.4, 0.5) is 4.79 Å². The number of imide groups is 1. The molecular weight excluding hydrogens is 342 g/mol. The molecule has 0 fully saturated rings. The maximum absolute atomic E-state index is 12.1. The maximum atomic E-state index is 12.1. The van der Waals surface area contributed by atoms with Gasteiger partial charge in [-0.25, -0.2) is 4.79 Å². The van der Waals surface area contributed by atoms with Gasteiger partial charge >= 0.3 is 6.03 Å². The molecule has 2 N–H and O–H groups in total. The van der Waals surface area contributed by atoms with Crippen LogP contribution in [0.5, 0.6) is 0 Å². The van der Waals surface area contributed by atoms with E-state index in [9.17, 15) is 9.59 Å². The van der Waals surface area contributed by atoms with Crippen LogP contribution in [0.2, 0.25) is 0 Å². The first-order valence-electron chi connectivity index (χ1n) is 8.14. The molecule has 2 rings (SSSR count). The van der Waals surface area contributed by atoms with E-state index in [1.807, 2.05) is 10.6 Å². The van der Waals surface area contributed by atoms with Crippen LogP contribution >= 0.6 is 11.8 Å². The molecule has 2 heterocycles. The van der Waals surface area contributed by atoms with E-state index in [1.54, 1.807) is 26.2 Å². The van der Waals surface area contributed by atoms with Crippen molar-refractivity contribution in [3.63, 3.8) is 0 Å². The van der Waals surface area contributed by atoms with Gasteiger partial charge in [-0.05, 0) is 31.9 Å². The summed E-state index contributed by atoms with van der Waals surface area (Å²) in [6.45, 7) is 8.83. The van der Waals surface area contributed by atoms with Gasteiger partial charge in [-0.1, -0.05) is 25.6 Å². The molecule has 8 nitrogen and oxygen atoms in total. The van der Waals surface area contributed by atoms with E-state index < -0.39 is 11.3 Å². The van der Waals surface area contributed by atoms with Crippen LogP contribution in [0.1, 0.15) is 27.7 Å². The second-order valence-corrected chi connectivity index (χ2v) is 7.20. The van der Waals surface area contributed by atoms with Crippen LogP contribution in [0.15, 0.2) is 28.0 Å². The molecule has 1 unspecified atom stereocenters. The topological polar surface area (TPSA) is 102 Å². The molecule has 1 atom stereocenters. The normalized spacial score (nSPS) is 12.2. The summed E-state index contributed by atoms with van der Waals surface area (Å²) in [6, 6.07) is 3.11. The lowest BCUT2D eigenvalue weighted by molar-refractivity contribution is -0.119. The standard InChI is InChI=1S/C16H23N5O3S/c1-5-17-15(23)18-14(22)11(4)25-16-20-19-13(12-7-6-8-24-12)21(16)9-10(2)3/h6-8,10-11H,5,9H2,1-4H3,(H2,17,18,22,23). The molecule has 0 spiro atoms. The molecule has 2 aromatic rings. The fraction of sp³-hybridized carbons (Fsp3) is 0.500. The van der Waals surface area contributed by atoms with Gasteiger partial charge in [-0.15, -0.1) is 10.2 Å². The first kappa shape index (κ1) is 19.0. The molecule has 0 aliphatic carbocycles. The third kappa shape index (κ3) is 5.09. The Balaban J connectivity index is 2.15. The minimum atomic E-state index is -0.500. The fourth-order valence-corrected chi connectivity index (χ4v) is 2.98. The summed E-state index contributed by atoms with van der Waals surface area (Å²) in [5.41, 5.74) is 0. The summed E-state index contributed by atoms with van der Waals surface area (Å²) in [6.07, 6.45) is 1.58. The summed E-state index contributed by atoms with van der Waals surface area (Å²) in [7, 11) is 0. The summed E-state index contributed by atoms with van der Waals surface area (Å²) in [5.74, 6) is 1.23. The third-order valence-electron chi connectivity index (χ3n) is 3.23. The van der Waals surface area contributed by atoms with Crippen LogP contribution in [-0.4, -0.2) is 38.5 Å².